The summed E-state index contributed by atoms with van der Waals surface area (Å²) in [6.07, 6.45) is 2.22. The van der Waals surface area contributed by atoms with Gasteiger partial charge in [-0.1, -0.05) is 38.1 Å². The Morgan fingerprint density at radius 1 is 1.21 bits per heavy atom. The number of hydrogen-bond donors (Lipinski definition) is 2. The SMILES string of the molecule is Cc1cccc(C(C)C)c1NC(=O)NCc1ccc(N2CC(C)OC(C)C2)nc1. The number of aromatic nitrogens is 1. The molecule has 1 aromatic heterocycles. The lowest BCUT2D eigenvalue weighted by Crippen LogP contribution is -2.45. The maximum absolute atomic E-state index is 12.4. The second-order valence-electron chi connectivity index (χ2n) is 8.19. The quantitative estimate of drug-likeness (QED) is 0.784. The fraction of sp³-hybridized carbons (Fsp3) is 0.478. The van der Waals surface area contributed by atoms with Crippen LogP contribution in [0.4, 0.5) is 16.3 Å². The fourth-order valence-electron chi connectivity index (χ4n) is 3.76. The number of rotatable bonds is 5. The predicted octanol–water partition coefficient (Wildman–Crippen LogP) is 4.45. The van der Waals surface area contributed by atoms with E-state index in [9.17, 15) is 4.79 Å². The van der Waals surface area contributed by atoms with Crippen LogP contribution >= 0.6 is 0 Å². The standard InChI is InChI=1S/C23H32N4O2/c1-15(2)20-8-6-7-16(3)22(20)26-23(28)25-12-19-9-10-21(24-11-19)27-13-17(4)29-18(5)14-27/h6-11,15,17-18H,12-14H2,1-5H3,(H2,25,26,28). The first-order valence-electron chi connectivity index (χ1n) is 10.3. The van der Waals surface area contributed by atoms with Crippen molar-refractivity contribution in [2.24, 2.45) is 0 Å². The van der Waals surface area contributed by atoms with Gasteiger partial charge in [-0.05, 0) is 49.4 Å². The number of amides is 2. The second kappa shape index (κ2) is 9.27. The van der Waals surface area contributed by atoms with Crippen molar-refractivity contribution in [2.45, 2.75) is 59.3 Å². The van der Waals surface area contributed by atoms with Gasteiger partial charge in [-0.3, -0.25) is 0 Å². The number of anilines is 2. The van der Waals surface area contributed by atoms with E-state index < -0.39 is 0 Å². The maximum Gasteiger partial charge on any atom is 0.319 e. The van der Waals surface area contributed by atoms with Crippen molar-refractivity contribution in [3.63, 3.8) is 0 Å². The van der Waals surface area contributed by atoms with Crippen LogP contribution < -0.4 is 15.5 Å². The summed E-state index contributed by atoms with van der Waals surface area (Å²) in [5.41, 5.74) is 4.06. The molecule has 2 amide bonds. The van der Waals surface area contributed by atoms with Gasteiger partial charge in [-0.25, -0.2) is 9.78 Å². The number of morpholine rings is 1. The van der Waals surface area contributed by atoms with Gasteiger partial charge in [0.25, 0.3) is 0 Å². The molecule has 2 N–H and O–H groups in total. The fourth-order valence-corrected chi connectivity index (χ4v) is 3.76. The Kier molecular flexibility index (Phi) is 6.75. The van der Waals surface area contributed by atoms with Crippen LogP contribution in [0.2, 0.25) is 0 Å². The highest BCUT2D eigenvalue weighted by Gasteiger charge is 2.23. The third-order valence-electron chi connectivity index (χ3n) is 5.17. The smallest absolute Gasteiger partial charge is 0.319 e. The predicted molar refractivity (Wildman–Crippen MR) is 118 cm³/mol. The Hall–Kier alpha value is -2.60. The van der Waals surface area contributed by atoms with Crippen molar-refractivity contribution in [1.82, 2.24) is 10.3 Å². The summed E-state index contributed by atoms with van der Waals surface area (Å²) in [6, 6.07) is 9.91. The average Bonchev–Trinajstić information content (AvgIpc) is 2.67. The summed E-state index contributed by atoms with van der Waals surface area (Å²) in [5.74, 6) is 1.29. The van der Waals surface area contributed by atoms with Crippen LogP contribution in [0, 0.1) is 6.92 Å². The van der Waals surface area contributed by atoms with Crippen LogP contribution in [0.5, 0.6) is 0 Å². The molecule has 1 aliphatic rings. The van der Waals surface area contributed by atoms with Crippen molar-refractivity contribution in [3.8, 4) is 0 Å². The van der Waals surface area contributed by atoms with E-state index in [1.807, 2.05) is 37.4 Å². The van der Waals surface area contributed by atoms with Gasteiger partial charge in [0.2, 0.25) is 0 Å². The third kappa shape index (κ3) is 5.48. The molecule has 0 bridgehead atoms. The molecular formula is C23H32N4O2. The number of nitrogens with zero attached hydrogens (tertiary/aromatic N) is 2. The van der Waals surface area contributed by atoms with Crippen molar-refractivity contribution >= 4 is 17.5 Å². The molecule has 2 unspecified atom stereocenters. The Labute approximate surface area is 173 Å². The van der Waals surface area contributed by atoms with E-state index in [1.54, 1.807) is 0 Å². The molecule has 0 aliphatic carbocycles. The molecule has 29 heavy (non-hydrogen) atoms. The summed E-state index contributed by atoms with van der Waals surface area (Å²) in [7, 11) is 0. The molecule has 0 radical (unpaired) electrons. The van der Waals surface area contributed by atoms with Crippen molar-refractivity contribution in [2.75, 3.05) is 23.3 Å². The molecule has 2 atom stereocenters. The minimum atomic E-state index is -0.207. The van der Waals surface area contributed by atoms with Gasteiger partial charge >= 0.3 is 6.03 Å². The number of ether oxygens (including phenoxy) is 1. The maximum atomic E-state index is 12.4. The molecule has 1 saturated heterocycles. The summed E-state index contributed by atoms with van der Waals surface area (Å²) in [4.78, 5) is 19.3. The lowest BCUT2D eigenvalue weighted by molar-refractivity contribution is -0.00546. The number of urea groups is 1. The van der Waals surface area contributed by atoms with Crippen molar-refractivity contribution in [3.05, 3.63) is 53.2 Å². The van der Waals surface area contributed by atoms with E-state index in [4.69, 9.17) is 4.74 Å². The molecule has 1 aromatic carbocycles. The minimum Gasteiger partial charge on any atom is -0.372 e. The number of carbonyl (C=O) groups excluding carboxylic acids is 1. The molecule has 1 fully saturated rings. The number of benzene rings is 1. The number of pyridine rings is 1. The zero-order valence-corrected chi connectivity index (χ0v) is 18.0. The lowest BCUT2D eigenvalue weighted by Gasteiger charge is -2.36. The van der Waals surface area contributed by atoms with E-state index in [0.29, 0.717) is 12.5 Å². The first-order chi connectivity index (χ1) is 13.8. The Bertz CT molecular complexity index is 825. The monoisotopic (exact) mass is 396 g/mol. The van der Waals surface area contributed by atoms with Crippen LogP contribution in [-0.2, 0) is 11.3 Å². The normalized spacial score (nSPS) is 19.3. The Balaban J connectivity index is 1.57. The van der Waals surface area contributed by atoms with Crippen LogP contribution in [0.3, 0.4) is 0 Å². The summed E-state index contributed by atoms with van der Waals surface area (Å²) in [6.45, 7) is 12.5. The van der Waals surface area contributed by atoms with E-state index in [2.05, 4.69) is 54.3 Å². The first-order valence-corrected chi connectivity index (χ1v) is 10.3. The van der Waals surface area contributed by atoms with Gasteiger partial charge in [0.1, 0.15) is 5.82 Å². The van der Waals surface area contributed by atoms with E-state index in [-0.39, 0.29) is 18.2 Å². The highest BCUT2D eigenvalue weighted by atomic mass is 16.5. The molecule has 3 rings (SSSR count). The molecule has 0 saturated carbocycles. The highest BCUT2D eigenvalue weighted by Crippen LogP contribution is 2.27. The number of carbonyl (C=O) groups is 1. The third-order valence-corrected chi connectivity index (χ3v) is 5.17. The molecule has 6 heteroatoms. The average molecular weight is 397 g/mol. The second-order valence-corrected chi connectivity index (χ2v) is 8.19. The van der Waals surface area contributed by atoms with Gasteiger partial charge < -0.3 is 20.3 Å². The molecule has 1 aliphatic heterocycles. The number of para-hydroxylation sites is 1. The number of nitrogens with one attached hydrogen (secondary N) is 2. The number of hydrogen-bond acceptors (Lipinski definition) is 4. The zero-order valence-electron chi connectivity index (χ0n) is 18.0. The molecule has 0 spiro atoms. The minimum absolute atomic E-state index is 0.197. The lowest BCUT2D eigenvalue weighted by atomic mass is 9.98. The molecule has 156 valence electrons. The van der Waals surface area contributed by atoms with E-state index >= 15 is 0 Å². The highest BCUT2D eigenvalue weighted by molar-refractivity contribution is 5.91. The van der Waals surface area contributed by atoms with Gasteiger partial charge in [0.05, 0.1) is 12.2 Å². The summed E-state index contributed by atoms with van der Waals surface area (Å²) < 4.78 is 5.78. The topological polar surface area (TPSA) is 66.5 Å². The Morgan fingerprint density at radius 2 is 1.93 bits per heavy atom. The van der Waals surface area contributed by atoms with Crippen LogP contribution in [0.15, 0.2) is 36.5 Å². The Morgan fingerprint density at radius 3 is 2.55 bits per heavy atom. The molecule has 2 aromatic rings. The van der Waals surface area contributed by atoms with Gasteiger partial charge in [-0.15, -0.1) is 0 Å². The van der Waals surface area contributed by atoms with Gasteiger partial charge in [0.15, 0.2) is 0 Å². The van der Waals surface area contributed by atoms with E-state index in [1.165, 1.54) is 0 Å². The summed E-state index contributed by atoms with van der Waals surface area (Å²) in [5, 5.41) is 5.94. The first kappa shape index (κ1) is 21.1. The molecule has 2 heterocycles. The van der Waals surface area contributed by atoms with Gasteiger partial charge in [-0.2, -0.15) is 0 Å². The molecular weight excluding hydrogens is 364 g/mol. The van der Waals surface area contributed by atoms with Crippen LogP contribution in [0.1, 0.15) is 50.3 Å². The largest absolute Gasteiger partial charge is 0.372 e. The summed E-state index contributed by atoms with van der Waals surface area (Å²) >= 11 is 0. The zero-order chi connectivity index (χ0) is 21.0. The molecule has 6 nitrogen and oxygen atoms in total. The van der Waals surface area contributed by atoms with Crippen LogP contribution in [-0.4, -0.2) is 36.3 Å². The van der Waals surface area contributed by atoms with Crippen molar-refractivity contribution in [1.29, 1.82) is 0 Å². The number of aryl methyl sites for hydroxylation is 1. The van der Waals surface area contributed by atoms with Crippen molar-refractivity contribution < 1.29 is 9.53 Å². The van der Waals surface area contributed by atoms with Crippen LogP contribution in [0.25, 0.3) is 0 Å². The van der Waals surface area contributed by atoms with Gasteiger partial charge in [0, 0.05) is 31.5 Å². The van der Waals surface area contributed by atoms with E-state index in [0.717, 1.165) is 41.3 Å².